The predicted octanol–water partition coefficient (Wildman–Crippen LogP) is 3.38. The molecule has 0 aliphatic heterocycles. The average Bonchev–Trinajstić information content (AvgIpc) is 2.83. The fourth-order valence-electron chi connectivity index (χ4n) is 3.37. The lowest BCUT2D eigenvalue weighted by atomic mass is 9.88. The first kappa shape index (κ1) is 27.9. The Hall–Kier alpha value is -1.30. The molecule has 0 aliphatic carbocycles. The van der Waals surface area contributed by atoms with E-state index in [4.69, 9.17) is 9.47 Å². The van der Waals surface area contributed by atoms with E-state index in [9.17, 15) is 24.0 Å². The van der Waals surface area contributed by atoms with Crippen molar-refractivity contribution in [1.29, 1.82) is 0 Å². The van der Waals surface area contributed by atoms with Crippen molar-refractivity contribution in [2.24, 2.45) is 5.41 Å². The largest absolute Gasteiger partial charge is 0.396 e. The van der Waals surface area contributed by atoms with Gasteiger partial charge in [0.2, 0.25) is 14.7 Å². The summed E-state index contributed by atoms with van der Waals surface area (Å²) in [4.78, 5) is 20.5. The lowest BCUT2D eigenvalue weighted by Crippen LogP contribution is -2.36. The van der Waals surface area contributed by atoms with Gasteiger partial charge in [-0.1, -0.05) is 43.3 Å². The van der Waals surface area contributed by atoms with Gasteiger partial charge in [0.1, 0.15) is 0 Å². The summed E-state index contributed by atoms with van der Waals surface area (Å²) in [6, 6.07) is 17.2. The minimum Gasteiger partial charge on any atom is -0.396 e. The van der Waals surface area contributed by atoms with Crippen molar-refractivity contribution in [3.63, 3.8) is 0 Å². The Kier molecular flexibility index (Phi) is 11.5. The van der Waals surface area contributed by atoms with Gasteiger partial charge in [0.05, 0.1) is 19.8 Å². The SMILES string of the molecule is CCC(CO)(COCCCP(=O)(O)c1ccccc1)COCCCP(=O)(O)c1ccccc1. The van der Waals surface area contributed by atoms with Crippen molar-refractivity contribution >= 4 is 25.3 Å². The van der Waals surface area contributed by atoms with E-state index in [1.807, 2.05) is 6.92 Å². The summed E-state index contributed by atoms with van der Waals surface area (Å²) < 4.78 is 36.4. The third kappa shape index (κ3) is 9.11. The molecule has 9 heteroatoms. The fraction of sp³-hybridized carbons (Fsp3) is 0.500. The molecule has 2 aromatic carbocycles. The van der Waals surface area contributed by atoms with E-state index >= 15 is 0 Å². The van der Waals surface area contributed by atoms with Gasteiger partial charge in [0.25, 0.3) is 0 Å². The third-order valence-electron chi connectivity index (χ3n) is 5.72. The standard InChI is InChI=1S/C24H36O7P2/c1-2-24(19-25,20-30-15-9-17-32(26,27)22-11-5-3-6-12-22)21-31-16-10-18-33(28,29)23-13-7-4-8-14-23/h3-8,11-14,25H,2,9-10,15-21H2,1H3,(H,26,27)(H,28,29). The first-order valence-electron chi connectivity index (χ1n) is 11.3. The number of aliphatic hydroxyl groups is 1. The maximum Gasteiger partial charge on any atom is 0.229 e. The molecule has 7 nitrogen and oxygen atoms in total. The molecule has 2 atom stereocenters. The monoisotopic (exact) mass is 498 g/mol. The molecule has 3 N–H and O–H groups in total. The Morgan fingerprint density at radius 2 is 1.15 bits per heavy atom. The van der Waals surface area contributed by atoms with Crippen LogP contribution in [0.15, 0.2) is 60.7 Å². The number of aliphatic hydroxyl groups excluding tert-OH is 1. The highest BCUT2D eigenvalue weighted by Gasteiger charge is 2.29. The van der Waals surface area contributed by atoms with Crippen LogP contribution in [0.4, 0.5) is 0 Å². The van der Waals surface area contributed by atoms with Gasteiger partial charge in [0.15, 0.2) is 0 Å². The molecule has 33 heavy (non-hydrogen) atoms. The van der Waals surface area contributed by atoms with Gasteiger partial charge in [-0.15, -0.1) is 0 Å². The van der Waals surface area contributed by atoms with Crippen LogP contribution in [0.25, 0.3) is 0 Å². The van der Waals surface area contributed by atoms with Crippen LogP contribution >= 0.6 is 14.7 Å². The third-order valence-corrected chi connectivity index (χ3v) is 9.78. The highest BCUT2D eigenvalue weighted by molar-refractivity contribution is 7.66. The molecule has 0 heterocycles. The van der Waals surface area contributed by atoms with E-state index in [0.717, 1.165) is 0 Å². The van der Waals surface area contributed by atoms with Crippen LogP contribution in [0.5, 0.6) is 0 Å². The summed E-state index contributed by atoms with van der Waals surface area (Å²) in [6.45, 7) is 2.98. The maximum atomic E-state index is 12.5. The molecule has 184 valence electrons. The van der Waals surface area contributed by atoms with Crippen LogP contribution < -0.4 is 10.6 Å². The molecule has 0 spiro atoms. The highest BCUT2D eigenvalue weighted by Crippen LogP contribution is 2.40. The Labute approximate surface area is 196 Å². The number of rotatable bonds is 16. The summed E-state index contributed by atoms with van der Waals surface area (Å²) in [7, 11) is -6.80. The Morgan fingerprint density at radius 3 is 1.48 bits per heavy atom. The van der Waals surface area contributed by atoms with Crippen LogP contribution in [0.1, 0.15) is 26.2 Å². The van der Waals surface area contributed by atoms with Gasteiger partial charge in [-0.25, -0.2) is 0 Å². The molecule has 0 saturated carbocycles. The zero-order valence-electron chi connectivity index (χ0n) is 19.2. The van der Waals surface area contributed by atoms with Crippen LogP contribution in [0, 0.1) is 5.41 Å². The maximum absolute atomic E-state index is 12.5. The van der Waals surface area contributed by atoms with Crippen molar-refractivity contribution in [3.8, 4) is 0 Å². The van der Waals surface area contributed by atoms with Gasteiger partial charge in [0, 0.05) is 41.6 Å². The molecule has 0 bridgehead atoms. The van der Waals surface area contributed by atoms with E-state index < -0.39 is 20.2 Å². The van der Waals surface area contributed by atoms with E-state index in [-0.39, 0.29) is 32.1 Å². The topological polar surface area (TPSA) is 113 Å². The Bertz CT molecular complexity index is 830. The minimum atomic E-state index is -3.40. The first-order chi connectivity index (χ1) is 15.7. The summed E-state index contributed by atoms with van der Waals surface area (Å²) in [5.41, 5.74) is -0.579. The molecule has 0 fully saturated rings. The van der Waals surface area contributed by atoms with Gasteiger partial charge in [-0.3, -0.25) is 9.13 Å². The van der Waals surface area contributed by atoms with Gasteiger partial charge in [-0.05, 0) is 43.5 Å². The summed E-state index contributed by atoms with van der Waals surface area (Å²) in [5, 5.41) is 10.8. The molecule has 2 rings (SSSR count). The molecule has 0 amide bonds. The highest BCUT2D eigenvalue weighted by atomic mass is 31.2. The molecular weight excluding hydrogens is 462 g/mol. The minimum absolute atomic E-state index is 0.117. The molecule has 2 aromatic rings. The average molecular weight is 498 g/mol. The molecule has 0 radical (unpaired) electrons. The normalized spacial score (nSPS) is 17.1. The molecular formula is C24H36O7P2. The molecule has 2 unspecified atom stereocenters. The van der Waals surface area contributed by atoms with Crippen LogP contribution in [0.3, 0.4) is 0 Å². The molecule has 0 aliphatic rings. The molecule has 0 saturated heterocycles. The predicted molar refractivity (Wildman–Crippen MR) is 132 cm³/mol. The van der Waals surface area contributed by atoms with Gasteiger partial charge >= 0.3 is 0 Å². The second kappa shape index (κ2) is 13.6. The smallest absolute Gasteiger partial charge is 0.229 e. The number of ether oxygens (including phenoxy) is 2. The van der Waals surface area contributed by atoms with Crippen LogP contribution in [0.2, 0.25) is 0 Å². The van der Waals surface area contributed by atoms with Crippen molar-refractivity contribution < 1.29 is 33.5 Å². The second-order valence-electron chi connectivity index (χ2n) is 8.35. The number of hydrogen-bond donors (Lipinski definition) is 3. The Balaban J connectivity index is 1.70. The van der Waals surface area contributed by atoms with E-state index in [1.165, 1.54) is 0 Å². The number of hydrogen-bond acceptors (Lipinski definition) is 5. The van der Waals surface area contributed by atoms with E-state index in [1.54, 1.807) is 60.7 Å². The van der Waals surface area contributed by atoms with E-state index in [0.29, 0.717) is 43.1 Å². The summed E-state index contributed by atoms with van der Waals surface area (Å²) in [6.07, 6.45) is 1.76. The molecule has 0 aromatic heterocycles. The Morgan fingerprint density at radius 1 is 0.758 bits per heavy atom. The second-order valence-corrected chi connectivity index (χ2v) is 13.1. The number of benzene rings is 2. The quantitative estimate of drug-likeness (QED) is 0.240. The fourth-order valence-corrected chi connectivity index (χ4v) is 6.28. The van der Waals surface area contributed by atoms with Crippen molar-refractivity contribution in [3.05, 3.63) is 60.7 Å². The van der Waals surface area contributed by atoms with Gasteiger partial charge < -0.3 is 24.4 Å². The summed E-state index contributed by atoms with van der Waals surface area (Å²) in [5.74, 6) is 0. The van der Waals surface area contributed by atoms with Gasteiger partial charge in [-0.2, -0.15) is 0 Å². The lowest BCUT2D eigenvalue weighted by Gasteiger charge is -2.30. The summed E-state index contributed by atoms with van der Waals surface area (Å²) >= 11 is 0. The first-order valence-corrected chi connectivity index (χ1v) is 14.9. The van der Waals surface area contributed by atoms with Crippen molar-refractivity contribution in [1.82, 2.24) is 0 Å². The van der Waals surface area contributed by atoms with Crippen molar-refractivity contribution in [2.45, 2.75) is 26.2 Å². The van der Waals surface area contributed by atoms with Crippen LogP contribution in [-0.2, 0) is 18.6 Å². The van der Waals surface area contributed by atoms with Crippen molar-refractivity contribution in [2.75, 3.05) is 45.4 Å². The lowest BCUT2D eigenvalue weighted by molar-refractivity contribution is -0.0527. The van der Waals surface area contributed by atoms with Crippen LogP contribution in [-0.4, -0.2) is 60.3 Å². The van der Waals surface area contributed by atoms with E-state index in [2.05, 4.69) is 0 Å². The zero-order chi connectivity index (χ0) is 24.2. The zero-order valence-corrected chi connectivity index (χ0v) is 21.0.